The number of benzene rings is 1. The van der Waals surface area contributed by atoms with Gasteiger partial charge in [-0.15, -0.1) is 6.42 Å². The lowest BCUT2D eigenvalue weighted by Gasteiger charge is -2.31. The van der Waals surface area contributed by atoms with Crippen LogP contribution in [0.5, 0.6) is 0 Å². The summed E-state index contributed by atoms with van der Waals surface area (Å²) in [7, 11) is 0. The molecule has 0 amide bonds. The van der Waals surface area contributed by atoms with Crippen LogP contribution in [0.3, 0.4) is 0 Å². The number of nitrogens with one attached hydrogen (secondary N) is 3. The van der Waals surface area contributed by atoms with Crippen LogP contribution in [0.25, 0.3) is 11.3 Å². The molecular weight excluding hydrogens is 432 g/mol. The van der Waals surface area contributed by atoms with Gasteiger partial charge in [-0.3, -0.25) is 4.68 Å². The standard InChI is InChI=1S/C29H38N6/c1-6-19-35-27(17-18-32-35)22(4)34-29(25-11-9-7-8-10-12-25)23(5)33-26-15-13-24(14-16-26)28(20(2)30)21(3)31/h1,13-18,25,29-30,33-34H,4-5,7-12,19,31H2,2-3H3/b28-21+,30-20?. The van der Waals surface area contributed by atoms with Crippen molar-refractivity contribution in [2.45, 2.75) is 65.0 Å². The Balaban J connectivity index is 1.81. The highest BCUT2D eigenvalue weighted by Gasteiger charge is 2.26. The number of nitrogens with two attached hydrogens (primary N) is 1. The van der Waals surface area contributed by atoms with E-state index in [9.17, 15) is 0 Å². The molecule has 1 aromatic heterocycles. The Hall–Kier alpha value is -3.72. The summed E-state index contributed by atoms with van der Waals surface area (Å²) in [5, 5.41) is 19.5. The molecule has 35 heavy (non-hydrogen) atoms. The van der Waals surface area contributed by atoms with Crippen molar-refractivity contribution in [2.24, 2.45) is 11.7 Å². The maximum atomic E-state index is 8.04. The zero-order chi connectivity index (χ0) is 25.4. The van der Waals surface area contributed by atoms with Gasteiger partial charge in [-0.1, -0.05) is 56.9 Å². The van der Waals surface area contributed by atoms with E-state index in [0.717, 1.165) is 46.8 Å². The fraction of sp³-hybridized carbons (Fsp3) is 0.379. The lowest BCUT2D eigenvalue weighted by molar-refractivity contribution is 0.381. The minimum Gasteiger partial charge on any atom is -0.402 e. The average Bonchev–Trinajstić information content (AvgIpc) is 3.11. The third-order valence-corrected chi connectivity index (χ3v) is 6.59. The lowest BCUT2D eigenvalue weighted by atomic mass is 9.89. The van der Waals surface area contributed by atoms with Crippen molar-refractivity contribution in [3.8, 4) is 12.3 Å². The molecule has 0 radical (unpaired) electrons. The molecule has 1 heterocycles. The van der Waals surface area contributed by atoms with Gasteiger partial charge < -0.3 is 21.8 Å². The molecule has 0 aliphatic heterocycles. The van der Waals surface area contributed by atoms with E-state index in [0.29, 0.717) is 23.9 Å². The van der Waals surface area contributed by atoms with Crippen LogP contribution in [0, 0.1) is 23.7 Å². The molecule has 1 atom stereocenters. The van der Waals surface area contributed by atoms with Crippen LogP contribution < -0.4 is 16.4 Å². The molecule has 6 nitrogen and oxygen atoms in total. The molecule has 1 aliphatic carbocycles. The first-order valence-electron chi connectivity index (χ1n) is 12.3. The number of allylic oxidation sites excluding steroid dienone is 2. The van der Waals surface area contributed by atoms with Gasteiger partial charge in [0.05, 0.1) is 17.4 Å². The zero-order valence-corrected chi connectivity index (χ0v) is 21.0. The van der Waals surface area contributed by atoms with Crippen LogP contribution in [0.1, 0.15) is 63.6 Å². The van der Waals surface area contributed by atoms with E-state index in [1.54, 1.807) is 17.8 Å². The number of rotatable bonds is 10. The highest BCUT2D eigenvalue weighted by Crippen LogP contribution is 2.30. The fourth-order valence-corrected chi connectivity index (χ4v) is 4.92. The van der Waals surface area contributed by atoms with E-state index in [-0.39, 0.29) is 6.04 Å². The highest BCUT2D eigenvalue weighted by atomic mass is 15.3. The summed E-state index contributed by atoms with van der Waals surface area (Å²) in [5.74, 6) is 3.10. The van der Waals surface area contributed by atoms with Crippen LogP contribution >= 0.6 is 0 Å². The Bertz CT molecular complexity index is 1120. The maximum absolute atomic E-state index is 8.04. The van der Waals surface area contributed by atoms with Gasteiger partial charge in [0, 0.05) is 34.6 Å². The van der Waals surface area contributed by atoms with E-state index in [1.165, 1.54) is 25.7 Å². The molecule has 6 heteroatoms. The number of nitrogens with zero attached hydrogens (tertiary/aromatic N) is 2. The smallest absolute Gasteiger partial charge is 0.102 e. The summed E-state index contributed by atoms with van der Waals surface area (Å²) in [5.41, 5.74) is 12.3. The number of anilines is 1. The predicted molar refractivity (Wildman–Crippen MR) is 148 cm³/mol. The first kappa shape index (κ1) is 25.9. The molecule has 1 unspecified atom stereocenters. The first-order chi connectivity index (χ1) is 16.8. The minimum absolute atomic E-state index is 0.0139. The molecule has 3 rings (SSSR count). The predicted octanol–water partition coefficient (Wildman–Crippen LogP) is 5.77. The van der Waals surface area contributed by atoms with E-state index in [4.69, 9.17) is 17.6 Å². The van der Waals surface area contributed by atoms with Gasteiger partial charge in [-0.2, -0.15) is 5.10 Å². The van der Waals surface area contributed by atoms with Gasteiger partial charge in [-0.25, -0.2) is 0 Å². The van der Waals surface area contributed by atoms with E-state index >= 15 is 0 Å². The summed E-state index contributed by atoms with van der Waals surface area (Å²) in [6, 6.07) is 9.94. The van der Waals surface area contributed by atoms with Gasteiger partial charge >= 0.3 is 0 Å². The third-order valence-electron chi connectivity index (χ3n) is 6.59. The number of hydrogen-bond donors (Lipinski definition) is 4. The molecule has 184 valence electrons. The third kappa shape index (κ3) is 6.66. The van der Waals surface area contributed by atoms with E-state index in [1.807, 2.05) is 37.3 Å². The molecule has 2 aromatic rings. The Morgan fingerprint density at radius 1 is 1.17 bits per heavy atom. The molecule has 1 aromatic carbocycles. The molecule has 1 saturated carbocycles. The summed E-state index contributed by atoms with van der Waals surface area (Å²) in [6.07, 6.45) is 14.6. The Kier molecular flexibility index (Phi) is 8.97. The van der Waals surface area contributed by atoms with Crippen molar-refractivity contribution >= 4 is 22.7 Å². The summed E-state index contributed by atoms with van der Waals surface area (Å²) < 4.78 is 1.78. The maximum Gasteiger partial charge on any atom is 0.102 e. The van der Waals surface area contributed by atoms with Gasteiger partial charge in [0.1, 0.15) is 6.54 Å². The Morgan fingerprint density at radius 3 is 2.40 bits per heavy atom. The van der Waals surface area contributed by atoms with Gasteiger partial charge in [0.2, 0.25) is 0 Å². The molecule has 0 spiro atoms. The second-order valence-corrected chi connectivity index (χ2v) is 9.34. The molecule has 0 saturated heterocycles. The van der Waals surface area contributed by atoms with E-state index in [2.05, 4.69) is 34.8 Å². The number of hydrogen-bond acceptors (Lipinski definition) is 5. The van der Waals surface area contributed by atoms with Crippen LogP contribution in [-0.2, 0) is 6.54 Å². The number of terminal acetylenes is 1. The second-order valence-electron chi connectivity index (χ2n) is 9.34. The topological polar surface area (TPSA) is 91.8 Å². The lowest BCUT2D eigenvalue weighted by Crippen LogP contribution is -2.39. The highest BCUT2D eigenvalue weighted by molar-refractivity contribution is 6.21. The molecule has 5 N–H and O–H groups in total. The van der Waals surface area contributed by atoms with Crippen LogP contribution in [0.4, 0.5) is 5.69 Å². The molecule has 1 aliphatic rings. The largest absolute Gasteiger partial charge is 0.402 e. The normalized spacial score (nSPS) is 15.8. The Labute approximate surface area is 209 Å². The van der Waals surface area contributed by atoms with E-state index < -0.39 is 0 Å². The van der Waals surface area contributed by atoms with Crippen molar-refractivity contribution < 1.29 is 0 Å². The Morgan fingerprint density at radius 2 is 1.83 bits per heavy atom. The van der Waals surface area contributed by atoms with Gasteiger partial charge in [-0.05, 0) is 56.4 Å². The zero-order valence-electron chi connectivity index (χ0n) is 21.0. The molecule has 0 bridgehead atoms. The quantitative estimate of drug-likeness (QED) is 0.201. The SMILES string of the molecule is C#CCn1nccc1C(=C)NC(C(=C)Nc1ccc(/C(C(C)=N)=C(\C)N)cc1)C1CCCCCC1. The van der Waals surface area contributed by atoms with Crippen molar-refractivity contribution in [3.63, 3.8) is 0 Å². The monoisotopic (exact) mass is 470 g/mol. The van der Waals surface area contributed by atoms with Crippen LogP contribution in [-0.4, -0.2) is 21.5 Å². The van der Waals surface area contributed by atoms with Crippen molar-refractivity contribution in [1.82, 2.24) is 15.1 Å². The number of aromatic nitrogens is 2. The second kappa shape index (κ2) is 12.1. The van der Waals surface area contributed by atoms with Crippen molar-refractivity contribution in [2.75, 3.05) is 5.32 Å². The van der Waals surface area contributed by atoms with Crippen molar-refractivity contribution in [3.05, 3.63) is 72.3 Å². The van der Waals surface area contributed by atoms with Crippen molar-refractivity contribution in [1.29, 1.82) is 5.41 Å². The minimum atomic E-state index is 0.0139. The molecular formula is C29H38N6. The average molecular weight is 471 g/mol. The molecule has 1 fully saturated rings. The van der Waals surface area contributed by atoms with Crippen LogP contribution in [0.15, 0.2) is 61.1 Å². The summed E-state index contributed by atoms with van der Waals surface area (Å²) in [4.78, 5) is 0. The fourth-order valence-electron chi connectivity index (χ4n) is 4.92. The summed E-state index contributed by atoms with van der Waals surface area (Å²) >= 11 is 0. The van der Waals surface area contributed by atoms with Gasteiger partial charge in [0.25, 0.3) is 0 Å². The summed E-state index contributed by atoms with van der Waals surface area (Å²) in [6.45, 7) is 12.7. The first-order valence-corrected chi connectivity index (χ1v) is 12.3. The van der Waals surface area contributed by atoms with Crippen LogP contribution in [0.2, 0.25) is 0 Å². The van der Waals surface area contributed by atoms with Gasteiger partial charge in [0.15, 0.2) is 0 Å².